The van der Waals surface area contributed by atoms with E-state index in [-0.39, 0.29) is 12.4 Å². The van der Waals surface area contributed by atoms with Crippen LogP contribution in [0.3, 0.4) is 0 Å². The van der Waals surface area contributed by atoms with Gasteiger partial charge in [-0.2, -0.15) is 0 Å². The second-order valence-corrected chi connectivity index (χ2v) is 6.81. The Hall–Kier alpha value is -3.66. The van der Waals surface area contributed by atoms with E-state index < -0.39 is 5.97 Å². The lowest BCUT2D eigenvalue weighted by atomic mass is 10.1. The zero-order chi connectivity index (χ0) is 20.2. The van der Waals surface area contributed by atoms with Crippen LogP contribution in [0, 0.1) is 0 Å². The van der Waals surface area contributed by atoms with Gasteiger partial charge in [-0.1, -0.05) is 60.7 Å². The molecule has 0 unspecified atom stereocenters. The fourth-order valence-electron chi connectivity index (χ4n) is 3.47. The molecule has 0 aliphatic carbocycles. The summed E-state index contributed by atoms with van der Waals surface area (Å²) in [6.45, 7) is 2.05. The van der Waals surface area contributed by atoms with E-state index in [1.165, 1.54) is 5.56 Å². The lowest BCUT2D eigenvalue weighted by molar-refractivity contribution is 0.0529. The first-order valence-electron chi connectivity index (χ1n) is 9.62. The molecule has 4 rings (SSSR count). The molecule has 0 saturated heterocycles. The standard InChI is InChI=1S/C25H21NO3/c1-2-29-25(28)21-17-23(24(27)20-11-7-4-8-12-20)26-14-13-19(16-22(21)26)15-18-9-5-3-6-10-18/h3-14,16-17H,2,15H2,1H3. The number of aromatic nitrogens is 1. The molecule has 0 fully saturated rings. The molecule has 0 amide bonds. The maximum Gasteiger partial charge on any atom is 0.340 e. The molecule has 0 radical (unpaired) electrons. The van der Waals surface area contributed by atoms with Gasteiger partial charge < -0.3 is 9.14 Å². The minimum atomic E-state index is -0.422. The molecule has 0 saturated carbocycles. The summed E-state index contributed by atoms with van der Waals surface area (Å²) in [4.78, 5) is 25.6. The van der Waals surface area contributed by atoms with Crippen LogP contribution in [0.4, 0.5) is 0 Å². The minimum Gasteiger partial charge on any atom is -0.462 e. The van der Waals surface area contributed by atoms with E-state index in [1.807, 2.05) is 54.7 Å². The van der Waals surface area contributed by atoms with Crippen LogP contribution >= 0.6 is 0 Å². The Morgan fingerprint density at radius 2 is 1.55 bits per heavy atom. The molecular weight excluding hydrogens is 362 g/mol. The van der Waals surface area contributed by atoms with Gasteiger partial charge in [-0.05, 0) is 42.7 Å². The van der Waals surface area contributed by atoms with Crippen LogP contribution in [0.1, 0.15) is 44.5 Å². The number of pyridine rings is 1. The number of carbonyl (C=O) groups excluding carboxylic acids is 2. The number of fused-ring (bicyclic) bond motifs is 1. The first kappa shape index (κ1) is 18.7. The van der Waals surface area contributed by atoms with Gasteiger partial charge >= 0.3 is 5.97 Å². The van der Waals surface area contributed by atoms with Crippen molar-refractivity contribution in [3.8, 4) is 0 Å². The highest BCUT2D eigenvalue weighted by atomic mass is 16.5. The van der Waals surface area contributed by atoms with Crippen molar-refractivity contribution >= 4 is 17.3 Å². The van der Waals surface area contributed by atoms with Crippen LogP contribution in [-0.4, -0.2) is 22.8 Å². The Labute approximate surface area is 169 Å². The normalized spacial score (nSPS) is 10.8. The van der Waals surface area contributed by atoms with Gasteiger partial charge in [0.1, 0.15) is 0 Å². The third-order valence-corrected chi connectivity index (χ3v) is 4.85. The predicted molar refractivity (Wildman–Crippen MR) is 112 cm³/mol. The number of carbonyl (C=O) groups is 2. The van der Waals surface area contributed by atoms with Gasteiger partial charge in [0, 0.05) is 11.8 Å². The van der Waals surface area contributed by atoms with E-state index in [4.69, 9.17) is 4.74 Å². The molecule has 0 aliphatic heterocycles. The van der Waals surface area contributed by atoms with Crippen molar-refractivity contribution in [1.29, 1.82) is 0 Å². The van der Waals surface area contributed by atoms with E-state index in [9.17, 15) is 9.59 Å². The van der Waals surface area contributed by atoms with Crippen molar-refractivity contribution in [2.24, 2.45) is 0 Å². The van der Waals surface area contributed by atoms with Crippen LogP contribution < -0.4 is 0 Å². The van der Waals surface area contributed by atoms with Crippen molar-refractivity contribution in [2.45, 2.75) is 13.3 Å². The summed E-state index contributed by atoms with van der Waals surface area (Å²) >= 11 is 0. The van der Waals surface area contributed by atoms with Gasteiger partial charge in [0.15, 0.2) is 0 Å². The third-order valence-electron chi connectivity index (χ3n) is 4.85. The summed E-state index contributed by atoms with van der Waals surface area (Å²) in [5.74, 6) is -0.555. The second-order valence-electron chi connectivity index (χ2n) is 6.81. The Morgan fingerprint density at radius 3 is 2.24 bits per heavy atom. The number of rotatable bonds is 6. The number of hydrogen-bond donors (Lipinski definition) is 0. The van der Waals surface area contributed by atoms with E-state index in [0.717, 1.165) is 12.0 Å². The Kier molecular flexibility index (Phi) is 5.25. The molecular formula is C25H21NO3. The van der Waals surface area contributed by atoms with E-state index in [0.29, 0.717) is 22.3 Å². The third kappa shape index (κ3) is 3.83. The minimum absolute atomic E-state index is 0.132. The Morgan fingerprint density at radius 1 is 0.862 bits per heavy atom. The van der Waals surface area contributed by atoms with Crippen molar-refractivity contribution in [2.75, 3.05) is 6.61 Å². The van der Waals surface area contributed by atoms with Gasteiger partial charge in [0.25, 0.3) is 0 Å². The molecule has 4 aromatic rings. The Balaban J connectivity index is 1.81. The Bertz CT molecular complexity index is 1160. The second kappa shape index (κ2) is 8.15. The van der Waals surface area contributed by atoms with Crippen molar-refractivity contribution < 1.29 is 14.3 Å². The average Bonchev–Trinajstić information content (AvgIpc) is 3.14. The fraction of sp³-hybridized carbons (Fsp3) is 0.120. The highest BCUT2D eigenvalue weighted by Crippen LogP contribution is 2.23. The molecule has 29 heavy (non-hydrogen) atoms. The van der Waals surface area contributed by atoms with Crippen LogP contribution in [0.5, 0.6) is 0 Å². The number of ether oxygens (including phenoxy) is 1. The summed E-state index contributed by atoms with van der Waals surface area (Å²) in [6, 6.07) is 24.8. The summed E-state index contributed by atoms with van der Waals surface area (Å²) in [5.41, 5.74) is 4.35. The van der Waals surface area contributed by atoms with E-state index in [1.54, 1.807) is 29.5 Å². The average molecular weight is 383 g/mol. The zero-order valence-corrected chi connectivity index (χ0v) is 16.2. The molecule has 144 valence electrons. The lowest BCUT2D eigenvalue weighted by Gasteiger charge is -2.07. The fourth-order valence-corrected chi connectivity index (χ4v) is 3.47. The summed E-state index contributed by atoms with van der Waals surface area (Å²) in [6.07, 6.45) is 2.60. The number of hydrogen-bond acceptors (Lipinski definition) is 3. The number of benzene rings is 2. The van der Waals surface area contributed by atoms with Crippen LogP contribution in [0.25, 0.3) is 5.52 Å². The van der Waals surface area contributed by atoms with E-state index in [2.05, 4.69) is 12.1 Å². The summed E-state index contributed by atoms with van der Waals surface area (Å²) < 4.78 is 7.00. The molecule has 0 spiro atoms. The molecule has 0 atom stereocenters. The summed E-state index contributed by atoms with van der Waals surface area (Å²) in [5, 5.41) is 0. The number of nitrogens with zero attached hydrogens (tertiary/aromatic N) is 1. The van der Waals surface area contributed by atoms with Crippen LogP contribution in [0.15, 0.2) is 85.1 Å². The molecule has 4 nitrogen and oxygen atoms in total. The van der Waals surface area contributed by atoms with Gasteiger partial charge in [-0.25, -0.2) is 4.79 Å². The number of esters is 1. The highest BCUT2D eigenvalue weighted by molar-refractivity contribution is 6.11. The molecule has 0 N–H and O–H groups in total. The topological polar surface area (TPSA) is 47.8 Å². The molecule has 2 aromatic carbocycles. The molecule has 0 bridgehead atoms. The van der Waals surface area contributed by atoms with Crippen molar-refractivity contribution in [1.82, 2.24) is 4.40 Å². The molecule has 0 aliphatic rings. The first-order valence-corrected chi connectivity index (χ1v) is 9.62. The predicted octanol–water partition coefficient (Wildman–Crippen LogP) is 4.94. The highest BCUT2D eigenvalue weighted by Gasteiger charge is 2.21. The molecule has 2 aromatic heterocycles. The van der Waals surface area contributed by atoms with Crippen LogP contribution in [-0.2, 0) is 11.2 Å². The van der Waals surface area contributed by atoms with Gasteiger partial charge in [0.05, 0.1) is 23.4 Å². The number of ketones is 1. The van der Waals surface area contributed by atoms with Gasteiger partial charge in [-0.3, -0.25) is 4.79 Å². The summed E-state index contributed by atoms with van der Waals surface area (Å²) in [7, 11) is 0. The van der Waals surface area contributed by atoms with Gasteiger partial charge in [-0.15, -0.1) is 0 Å². The van der Waals surface area contributed by atoms with Gasteiger partial charge in [0.2, 0.25) is 5.78 Å². The van der Waals surface area contributed by atoms with Crippen molar-refractivity contribution in [3.63, 3.8) is 0 Å². The first-order chi connectivity index (χ1) is 14.2. The monoisotopic (exact) mass is 383 g/mol. The quantitative estimate of drug-likeness (QED) is 0.350. The smallest absolute Gasteiger partial charge is 0.340 e. The van der Waals surface area contributed by atoms with Crippen LogP contribution in [0.2, 0.25) is 0 Å². The molecule has 4 heteroatoms. The van der Waals surface area contributed by atoms with E-state index >= 15 is 0 Å². The SMILES string of the molecule is CCOC(=O)c1cc(C(=O)c2ccccc2)n2ccc(Cc3ccccc3)cc12. The zero-order valence-electron chi connectivity index (χ0n) is 16.2. The van der Waals surface area contributed by atoms with Crippen molar-refractivity contribution in [3.05, 3.63) is 113 Å². The lowest BCUT2D eigenvalue weighted by Crippen LogP contribution is -2.05. The molecule has 2 heterocycles. The largest absolute Gasteiger partial charge is 0.462 e. The maximum atomic E-state index is 13.1. The maximum absolute atomic E-state index is 13.1.